The molecule has 0 aliphatic heterocycles. The number of hydrogen-bond donors (Lipinski definition) is 1. The number of amides is 2. The Labute approximate surface area is 75.2 Å². The van der Waals surface area contributed by atoms with Crippen molar-refractivity contribution in [3.63, 3.8) is 0 Å². The van der Waals surface area contributed by atoms with Crippen molar-refractivity contribution < 1.29 is 9.63 Å². The normalized spacial score (nSPS) is 9.77. The van der Waals surface area contributed by atoms with E-state index in [0.717, 1.165) is 5.06 Å². The van der Waals surface area contributed by atoms with Crippen LogP contribution in [0.4, 0.5) is 10.6 Å². The van der Waals surface area contributed by atoms with Gasteiger partial charge in [-0.15, -0.1) is 5.10 Å². The fourth-order valence-corrected chi connectivity index (χ4v) is 0.674. The summed E-state index contributed by atoms with van der Waals surface area (Å²) in [5.74, 6) is 0.508. The highest BCUT2D eigenvalue weighted by Gasteiger charge is 2.09. The first kappa shape index (κ1) is 9.46. The molecule has 0 radical (unpaired) electrons. The summed E-state index contributed by atoms with van der Waals surface area (Å²) in [7, 11) is 4.58. The van der Waals surface area contributed by atoms with Crippen molar-refractivity contribution in [1.29, 1.82) is 0 Å². The Morgan fingerprint density at radius 2 is 2.46 bits per heavy atom. The second-order valence-corrected chi connectivity index (χ2v) is 2.35. The predicted octanol–water partition coefficient (Wildman–Crippen LogP) is -0.160. The first-order valence-corrected chi connectivity index (χ1v) is 3.58. The average molecular weight is 185 g/mol. The minimum Gasteiger partial charge on any atom is -0.289 e. The number of urea groups is 1. The number of hydroxylamine groups is 2. The van der Waals surface area contributed by atoms with Crippen molar-refractivity contribution in [2.24, 2.45) is 7.05 Å². The molecule has 0 atom stereocenters. The number of rotatable bonds is 2. The van der Waals surface area contributed by atoms with Crippen LogP contribution in [0.5, 0.6) is 0 Å². The van der Waals surface area contributed by atoms with Gasteiger partial charge in [0.15, 0.2) is 5.82 Å². The molecule has 7 heteroatoms. The van der Waals surface area contributed by atoms with Crippen LogP contribution in [0.25, 0.3) is 0 Å². The Balaban J connectivity index is 2.60. The molecule has 0 aliphatic carbocycles. The standard InChI is InChI=1S/C6H11N5O2/c1-10-5(4-7-9-10)8-6(12)11(2)13-3/h4H,1-3H3,(H,8,12). The quantitative estimate of drug-likeness (QED) is 0.650. The first-order valence-electron chi connectivity index (χ1n) is 3.58. The fourth-order valence-electron chi connectivity index (χ4n) is 0.674. The minimum absolute atomic E-state index is 0.382. The highest BCUT2D eigenvalue weighted by Crippen LogP contribution is 2.01. The summed E-state index contributed by atoms with van der Waals surface area (Å²) in [5.41, 5.74) is 0. The Hall–Kier alpha value is -1.63. The molecule has 13 heavy (non-hydrogen) atoms. The van der Waals surface area contributed by atoms with E-state index in [-0.39, 0.29) is 6.03 Å². The number of aromatic nitrogens is 3. The molecule has 2 amide bonds. The van der Waals surface area contributed by atoms with Crippen LogP contribution in [0.15, 0.2) is 6.20 Å². The van der Waals surface area contributed by atoms with E-state index < -0.39 is 0 Å². The van der Waals surface area contributed by atoms with Crippen molar-refractivity contribution >= 4 is 11.8 Å². The second-order valence-electron chi connectivity index (χ2n) is 2.35. The van der Waals surface area contributed by atoms with E-state index in [1.165, 1.54) is 25.0 Å². The number of carbonyl (C=O) groups excluding carboxylic acids is 1. The second kappa shape index (κ2) is 3.85. The number of hydrogen-bond acceptors (Lipinski definition) is 4. The van der Waals surface area contributed by atoms with Crippen molar-refractivity contribution in [3.05, 3.63) is 6.20 Å². The maximum Gasteiger partial charge on any atom is 0.346 e. The molecule has 7 nitrogen and oxygen atoms in total. The van der Waals surface area contributed by atoms with Gasteiger partial charge in [-0.25, -0.2) is 14.5 Å². The monoisotopic (exact) mass is 185 g/mol. The molecule has 1 aromatic rings. The van der Waals surface area contributed by atoms with Crippen LogP contribution in [-0.2, 0) is 11.9 Å². The van der Waals surface area contributed by atoms with Crippen molar-refractivity contribution in [2.75, 3.05) is 19.5 Å². The van der Waals surface area contributed by atoms with Crippen molar-refractivity contribution in [1.82, 2.24) is 20.1 Å². The van der Waals surface area contributed by atoms with E-state index >= 15 is 0 Å². The zero-order valence-electron chi connectivity index (χ0n) is 7.68. The summed E-state index contributed by atoms with van der Waals surface area (Å²) in [5, 5.41) is 10.8. The molecular weight excluding hydrogens is 174 g/mol. The van der Waals surface area contributed by atoms with Crippen LogP contribution >= 0.6 is 0 Å². The Bertz CT molecular complexity index is 297. The highest BCUT2D eigenvalue weighted by atomic mass is 16.7. The van der Waals surface area contributed by atoms with Gasteiger partial charge in [0, 0.05) is 14.1 Å². The van der Waals surface area contributed by atoms with Gasteiger partial charge < -0.3 is 0 Å². The SMILES string of the molecule is CON(C)C(=O)Nc1cnnn1C. The molecule has 0 fully saturated rings. The smallest absolute Gasteiger partial charge is 0.289 e. The Morgan fingerprint density at radius 1 is 1.77 bits per heavy atom. The van der Waals surface area contributed by atoms with E-state index in [1.807, 2.05) is 0 Å². The summed E-state index contributed by atoms with van der Waals surface area (Å²) < 4.78 is 1.45. The average Bonchev–Trinajstić information content (AvgIpc) is 2.50. The molecule has 1 N–H and O–H groups in total. The molecule has 0 spiro atoms. The Kier molecular flexibility index (Phi) is 2.80. The number of nitrogens with one attached hydrogen (secondary N) is 1. The topological polar surface area (TPSA) is 72.3 Å². The van der Waals surface area contributed by atoms with Crippen LogP contribution < -0.4 is 5.32 Å². The third-order valence-corrected chi connectivity index (χ3v) is 1.51. The van der Waals surface area contributed by atoms with Gasteiger partial charge in [-0.2, -0.15) is 0 Å². The van der Waals surface area contributed by atoms with Gasteiger partial charge in [0.1, 0.15) is 0 Å². The third-order valence-electron chi connectivity index (χ3n) is 1.51. The van der Waals surface area contributed by atoms with Gasteiger partial charge in [-0.05, 0) is 0 Å². The van der Waals surface area contributed by atoms with Gasteiger partial charge in [-0.3, -0.25) is 10.2 Å². The highest BCUT2D eigenvalue weighted by molar-refractivity contribution is 5.87. The lowest BCUT2D eigenvalue weighted by atomic mass is 10.7. The summed E-state index contributed by atoms with van der Waals surface area (Å²) in [4.78, 5) is 15.9. The van der Waals surface area contributed by atoms with Crippen molar-refractivity contribution in [2.45, 2.75) is 0 Å². The zero-order valence-corrected chi connectivity index (χ0v) is 7.68. The van der Waals surface area contributed by atoms with Crippen LogP contribution in [0.1, 0.15) is 0 Å². The van der Waals surface area contributed by atoms with Crippen LogP contribution in [0.2, 0.25) is 0 Å². The van der Waals surface area contributed by atoms with Crippen LogP contribution in [0.3, 0.4) is 0 Å². The third kappa shape index (κ3) is 2.15. The van der Waals surface area contributed by atoms with Gasteiger partial charge >= 0.3 is 6.03 Å². The summed E-state index contributed by atoms with van der Waals surface area (Å²) in [6.07, 6.45) is 1.45. The largest absolute Gasteiger partial charge is 0.346 e. The summed E-state index contributed by atoms with van der Waals surface area (Å²) >= 11 is 0. The lowest BCUT2D eigenvalue weighted by Gasteiger charge is -2.13. The zero-order chi connectivity index (χ0) is 9.84. The lowest BCUT2D eigenvalue weighted by Crippen LogP contribution is -2.30. The van der Waals surface area contributed by atoms with Gasteiger partial charge in [-0.1, -0.05) is 5.21 Å². The molecule has 0 aliphatic rings. The van der Waals surface area contributed by atoms with Crippen molar-refractivity contribution in [3.8, 4) is 0 Å². The summed E-state index contributed by atoms with van der Waals surface area (Å²) in [6, 6.07) is -0.382. The molecule has 0 saturated carbocycles. The van der Waals surface area contributed by atoms with E-state index in [2.05, 4.69) is 20.5 Å². The molecule has 1 heterocycles. The number of aryl methyl sites for hydroxylation is 1. The molecule has 0 saturated heterocycles. The maximum absolute atomic E-state index is 11.2. The molecule has 0 bridgehead atoms. The van der Waals surface area contributed by atoms with Crippen LogP contribution in [0, 0.1) is 0 Å². The predicted molar refractivity (Wildman–Crippen MR) is 44.8 cm³/mol. The molecule has 1 aromatic heterocycles. The number of nitrogens with zero attached hydrogens (tertiary/aromatic N) is 4. The summed E-state index contributed by atoms with van der Waals surface area (Å²) in [6.45, 7) is 0. The maximum atomic E-state index is 11.2. The number of carbonyl (C=O) groups is 1. The van der Waals surface area contributed by atoms with E-state index in [1.54, 1.807) is 7.05 Å². The number of anilines is 1. The molecule has 0 aromatic carbocycles. The van der Waals surface area contributed by atoms with Crippen LogP contribution in [-0.4, -0.2) is 40.2 Å². The molecule has 1 rings (SSSR count). The minimum atomic E-state index is -0.382. The van der Waals surface area contributed by atoms with Gasteiger partial charge in [0.2, 0.25) is 0 Å². The Morgan fingerprint density at radius 3 is 2.92 bits per heavy atom. The van der Waals surface area contributed by atoms with E-state index in [9.17, 15) is 4.79 Å². The molecule has 0 unspecified atom stereocenters. The molecule has 72 valence electrons. The van der Waals surface area contributed by atoms with Gasteiger partial charge in [0.05, 0.1) is 13.3 Å². The lowest BCUT2D eigenvalue weighted by molar-refractivity contribution is -0.0598. The fraction of sp³-hybridized carbons (Fsp3) is 0.500. The van der Waals surface area contributed by atoms with E-state index in [4.69, 9.17) is 0 Å². The van der Waals surface area contributed by atoms with E-state index in [0.29, 0.717) is 5.82 Å². The molecular formula is C6H11N5O2. The first-order chi connectivity index (χ1) is 6.15. The van der Waals surface area contributed by atoms with Gasteiger partial charge in [0.25, 0.3) is 0 Å².